The predicted molar refractivity (Wildman–Crippen MR) is 64.9 cm³/mol. The second-order valence-corrected chi connectivity index (χ2v) is 4.15. The highest BCUT2D eigenvalue weighted by atomic mass is 16.4. The van der Waals surface area contributed by atoms with Crippen LogP contribution in [0, 0.1) is 0 Å². The van der Waals surface area contributed by atoms with Crippen LogP contribution in [0.5, 0.6) is 0 Å². The zero-order valence-corrected chi connectivity index (χ0v) is 10.4. The van der Waals surface area contributed by atoms with E-state index in [9.17, 15) is 4.79 Å². The van der Waals surface area contributed by atoms with Gasteiger partial charge in [0.2, 0.25) is 5.89 Å². The molecule has 0 aliphatic rings. The summed E-state index contributed by atoms with van der Waals surface area (Å²) in [7, 11) is 0. The summed E-state index contributed by atoms with van der Waals surface area (Å²) in [5.41, 5.74) is 0. The fourth-order valence-electron chi connectivity index (χ4n) is 1.65. The van der Waals surface area contributed by atoms with Crippen molar-refractivity contribution in [1.82, 2.24) is 10.2 Å². The summed E-state index contributed by atoms with van der Waals surface area (Å²) in [4.78, 5) is 11.6. The van der Waals surface area contributed by atoms with E-state index >= 15 is 0 Å². The third-order valence-corrected chi connectivity index (χ3v) is 2.61. The summed E-state index contributed by atoms with van der Waals surface area (Å²) >= 11 is 0. The van der Waals surface area contributed by atoms with Gasteiger partial charge in [0.25, 0.3) is 5.89 Å². The number of ketones is 1. The fraction of sp³-hybridized carbons (Fsp3) is 0.462. The van der Waals surface area contributed by atoms with Crippen LogP contribution in [0.15, 0.2) is 27.2 Å². The van der Waals surface area contributed by atoms with Crippen LogP contribution in [0.2, 0.25) is 0 Å². The summed E-state index contributed by atoms with van der Waals surface area (Å²) in [5.74, 6) is 1.32. The SMILES string of the molecule is CCCCCC(=O)Cc1nnc(-c2ccco2)o1. The van der Waals surface area contributed by atoms with E-state index in [1.165, 1.54) is 6.26 Å². The Morgan fingerprint density at radius 1 is 1.33 bits per heavy atom. The molecule has 0 saturated carbocycles. The van der Waals surface area contributed by atoms with Crippen LogP contribution < -0.4 is 0 Å². The molecule has 2 rings (SSSR count). The van der Waals surface area contributed by atoms with Crippen molar-refractivity contribution < 1.29 is 13.6 Å². The van der Waals surface area contributed by atoms with Crippen molar-refractivity contribution in [3.05, 3.63) is 24.3 Å². The Morgan fingerprint density at radius 3 is 2.94 bits per heavy atom. The smallest absolute Gasteiger partial charge is 0.283 e. The van der Waals surface area contributed by atoms with Crippen molar-refractivity contribution in [3.8, 4) is 11.7 Å². The van der Waals surface area contributed by atoms with Crippen LogP contribution in [-0.4, -0.2) is 16.0 Å². The molecule has 0 amide bonds. The van der Waals surface area contributed by atoms with Crippen LogP contribution in [-0.2, 0) is 11.2 Å². The van der Waals surface area contributed by atoms with Crippen molar-refractivity contribution in [2.75, 3.05) is 0 Å². The van der Waals surface area contributed by atoms with E-state index in [1.807, 2.05) is 0 Å². The van der Waals surface area contributed by atoms with Crippen LogP contribution in [0.3, 0.4) is 0 Å². The molecule has 0 unspecified atom stereocenters. The Bertz CT molecular complexity index is 488. The Kier molecular flexibility index (Phi) is 4.28. The van der Waals surface area contributed by atoms with Gasteiger partial charge in [0.1, 0.15) is 5.78 Å². The molecule has 0 aliphatic carbocycles. The van der Waals surface area contributed by atoms with E-state index < -0.39 is 0 Å². The molecule has 0 aromatic carbocycles. The maximum absolute atomic E-state index is 11.6. The molecule has 0 aliphatic heterocycles. The molecule has 2 aromatic rings. The molecule has 96 valence electrons. The molecule has 0 bridgehead atoms. The molecule has 18 heavy (non-hydrogen) atoms. The van der Waals surface area contributed by atoms with Gasteiger partial charge in [0.05, 0.1) is 12.7 Å². The second-order valence-electron chi connectivity index (χ2n) is 4.15. The highest BCUT2D eigenvalue weighted by Crippen LogP contribution is 2.18. The lowest BCUT2D eigenvalue weighted by atomic mass is 10.1. The van der Waals surface area contributed by atoms with Gasteiger partial charge in [-0.1, -0.05) is 19.8 Å². The number of aromatic nitrogens is 2. The maximum Gasteiger partial charge on any atom is 0.283 e. The molecule has 5 nitrogen and oxygen atoms in total. The first-order chi connectivity index (χ1) is 8.79. The first-order valence-electron chi connectivity index (χ1n) is 6.17. The minimum absolute atomic E-state index is 0.137. The van der Waals surface area contributed by atoms with Gasteiger partial charge >= 0.3 is 0 Å². The number of hydrogen-bond acceptors (Lipinski definition) is 5. The molecular weight excluding hydrogens is 232 g/mol. The van der Waals surface area contributed by atoms with Crippen LogP contribution in [0.1, 0.15) is 38.5 Å². The Balaban J connectivity index is 1.89. The van der Waals surface area contributed by atoms with Crippen molar-refractivity contribution in [2.45, 2.75) is 39.0 Å². The first kappa shape index (κ1) is 12.5. The number of Topliss-reactive ketones (excluding diaryl/α,β-unsaturated/α-hetero) is 1. The number of carbonyl (C=O) groups is 1. The average Bonchev–Trinajstić information content (AvgIpc) is 2.98. The minimum Gasteiger partial charge on any atom is -0.459 e. The highest BCUT2D eigenvalue weighted by molar-refractivity contribution is 5.79. The number of carbonyl (C=O) groups excluding carboxylic acids is 1. The van der Waals surface area contributed by atoms with Crippen LogP contribution in [0.4, 0.5) is 0 Å². The Labute approximate surface area is 105 Å². The lowest BCUT2D eigenvalue weighted by Gasteiger charge is -1.96. The van der Waals surface area contributed by atoms with E-state index in [-0.39, 0.29) is 12.2 Å². The van der Waals surface area contributed by atoms with Gasteiger partial charge in [-0.15, -0.1) is 10.2 Å². The summed E-state index contributed by atoms with van der Waals surface area (Å²) in [6.45, 7) is 2.11. The van der Waals surface area contributed by atoms with Gasteiger partial charge < -0.3 is 8.83 Å². The van der Waals surface area contributed by atoms with Gasteiger partial charge in [-0.25, -0.2) is 0 Å². The molecule has 0 spiro atoms. The van der Waals surface area contributed by atoms with E-state index in [1.54, 1.807) is 12.1 Å². The van der Waals surface area contributed by atoms with Gasteiger partial charge in [-0.05, 0) is 18.6 Å². The minimum atomic E-state index is 0.137. The van der Waals surface area contributed by atoms with E-state index in [0.717, 1.165) is 19.3 Å². The Hall–Kier alpha value is -1.91. The molecule has 0 radical (unpaired) electrons. The van der Waals surface area contributed by atoms with Crippen molar-refractivity contribution in [1.29, 1.82) is 0 Å². The standard InChI is InChI=1S/C13H16N2O3/c1-2-3-4-6-10(16)9-12-14-15-13(18-12)11-7-5-8-17-11/h5,7-8H,2-4,6,9H2,1H3. The maximum atomic E-state index is 11.6. The largest absolute Gasteiger partial charge is 0.459 e. The number of hydrogen-bond donors (Lipinski definition) is 0. The van der Waals surface area contributed by atoms with Gasteiger partial charge in [-0.2, -0.15) is 0 Å². The third kappa shape index (κ3) is 3.29. The van der Waals surface area contributed by atoms with E-state index in [4.69, 9.17) is 8.83 Å². The van der Waals surface area contributed by atoms with Gasteiger partial charge in [0.15, 0.2) is 5.76 Å². The van der Waals surface area contributed by atoms with Crippen molar-refractivity contribution >= 4 is 5.78 Å². The molecule has 2 heterocycles. The number of rotatable bonds is 7. The quantitative estimate of drug-likeness (QED) is 0.704. The van der Waals surface area contributed by atoms with Gasteiger partial charge in [0, 0.05) is 6.42 Å². The summed E-state index contributed by atoms with van der Waals surface area (Å²) < 4.78 is 10.5. The fourth-order valence-corrected chi connectivity index (χ4v) is 1.65. The average molecular weight is 248 g/mol. The van der Waals surface area contributed by atoms with E-state index in [2.05, 4.69) is 17.1 Å². The zero-order chi connectivity index (χ0) is 12.8. The monoisotopic (exact) mass is 248 g/mol. The van der Waals surface area contributed by atoms with Crippen LogP contribution >= 0.6 is 0 Å². The highest BCUT2D eigenvalue weighted by Gasteiger charge is 2.13. The molecule has 5 heteroatoms. The molecule has 0 fully saturated rings. The predicted octanol–water partition coefficient (Wildman–Crippen LogP) is 3.02. The normalized spacial score (nSPS) is 10.7. The third-order valence-electron chi connectivity index (χ3n) is 2.61. The molecule has 0 N–H and O–H groups in total. The van der Waals surface area contributed by atoms with Gasteiger partial charge in [-0.3, -0.25) is 4.79 Å². The second kappa shape index (κ2) is 6.14. The number of unbranched alkanes of at least 4 members (excludes halogenated alkanes) is 2. The lowest BCUT2D eigenvalue weighted by molar-refractivity contribution is -0.118. The van der Waals surface area contributed by atoms with Crippen molar-refractivity contribution in [3.63, 3.8) is 0 Å². The topological polar surface area (TPSA) is 69.1 Å². The number of nitrogens with zero attached hydrogens (tertiary/aromatic N) is 2. The molecule has 2 aromatic heterocycles. The number of furan rings is 1. The van der Waals surface area contributed by atoms with Crippen LogP contribution in [0.25, 0.3) is 11.7 Å². The Morgan fingerprint density at radius 2 is 2.22 bits per heavy atom. The molecule has 0 atom stereocenters. The van der Waals surface area contributed by atoms with Crippen molar-refractivity contribution in [2.24, 2.45) is 0 Å². The summed E-state index contributed by atoms with van der Waals surface area (Å²) in [5, 5.41) is 7.69. The summed E-state index contributed by atoms with van der Waals surface area (Å²) in [6, 6.07) is 3.48. The molecular formula is C13H16N2O3. The lowest BCUT2D eigenvalue weighted by Crippen LogP contribution is -2.02. The summed E-state index contributed by atoms with van der Waals surface area (Å²) in [6.07, 6.45) is 5.43. The molecule has 0 saturated heterocycles. The van der Waals surface area contributed by atoms with E-state index in [0.29, 0.717) is 24.0 Å². The first-order valence-corrected chi connectivity index (χ1v) is 6.17. The zero-order valence-electron chi connectivity index (χ0n) is 10.4.